The Morgan fingerprint density at radius 2 is 2.25 bits per heavy atom. The zero-order valence-electron chi connectivity index (χ0n) is 8.56. The molecule has 0 aliphatic carbocycles. The van der Waals surface area contributed by atoms with Crippen molar-refractivity contribution in [2.75, 3.05) is 13.2 Å². The number of halogens is 1. The maximum Gasteiger partial charge on any atom is 0.170 e. The number of oxime groups is 1. The Morgan fingerprint density at radius 3 is 2.81 bits per heavy atom. The SMILES string of the molecule is N/C(=N\O)c1ccc(OCCCO)c(F)c1. The molecule has 1 rings (SSSR count). The number of nitrogens with two attached hydrogens (primary N) is 1. The van der Waals surface area contributed by atoms with E-state index in [2.05, 4.69) is 5.16 Å². The summed E-state index contributed by atoms with van der Waals surface area (Å²) < 4.78 is 18.5. The van der Waals surface area contributed by atoms with Gasteiger partial charge in [0, 0.05) is 18.6 Å². The summed E-state index contributed by atoms with van der Waals surface area (Å²) in [5, 5.41) is 19.7. The number of amidine groups is 1. The summed E-state index contributed by atoms with van der Waals surface area (Å²) in [4.78, 5) is 0. The van der Waals surface area contributed by atoms with Gasteiger partial charge >= 0.3 is 0 Å². The third-order valence-corrected chi connectivity index (χ3v) is 1.90. The molecule has 6 heteroatoms. The first-order chi connectivity index (χ1) is 7.69. The topological polar surface area (TPSA) is 88.1 Å². The molecule has 0 atom stereocenters. The fourth-order valence-corrected chi connectivity index (χ4v) is 1.08. The van der Waals surface area contributed by atoms with Crippen LogP contribution in [0.3, 0.4) is 0 Å². The standard InChI is InChI=1S/C10H13FN2O3/c11-8-6-7(10(12)13-15)2-3-9(8)16-5-1-4-14/h2-3,6,14-15H,1,4-5H2,(H2,12,13). The predicted octanol–water partition coefficient (Wildman–Crippen LogP) is 0.681. The zero-order valence-corrected chi connectivity index (χ0v) is 8.56. The van der Waals surface area contributed by atoms with Crippen molar-refractivity contribution in [2.45, 2.75) is 6.42 Å². The van der Waals surface area contributed by atoms with Gasteiger partial charge in [-0.2, -0.15) is 0 Å². The molecule has 5 nitrogen and oxygen atoms in total. The summed E-state index contributed by atoms with van der Waals surface area (Å²) in [6.07, 6.45) is 0.432. The fourth-order valence-electron chi connectivity index (χ4n) is 1.08. The molecule has 0 heterocycles. The molecule has 0 aliphatic heterocycles. The van der Waals surface area contributed by atoms with Crippen molar-refractivity contribution < 1.29 is 19.4 Å². The van der Waals surface area contributed by atoms with Crippen molar-refractivity contribution >= 4 is 5.84 Å². The largest absolute Gasteiger partial charge is 0.490 e. The number of aliphatic hydroxyl groups is 1. The lowest BCUT2D eigenvalue weighted by molar-refractivity contribution is 0.228. The summed E-state index contributed by atoms with van der Waals surface area (Å²) in [5.41, 5.74) is 5.57. The third kappa shape index (κ3) is 3.09. The molecule has 0 saturated carbocycles. The van der Waals surface area contributed by atoms with Crippen LogP contribution >= 0.6 is 0 Å². The maximum absolute atomic E-state index is 13.4. The molecule has 88 valence electrons. The van der Waals surface area contributed by atoms with Gasteiger partial charge in [0.2, 0.25) is 0 Å². The minimum Gasteiger partial charge on any atom is -0.490 e. The Labute approximate surface area is 91.9 Å². The first-order valence-corrected chi connectivity index (χ1v) is 4.70. The van der Waals surface area contributed by atoms with E-state index in [0.29, 0.717) is 6.42 Å². The van der Waals surface area contributed by atoms with Crippen molar-refractivity contribution in [2.24, 2.45) is 10.9 Å². The van der Waals surface area contributed by atoms with Crippen molar-refractivity contribution in [3.63, 3.8) is 0 Å². The van der Waals surface area contributed by atoms with Crippen LogP contribution in [-0.2, 0) is 0 Å². The number of rotatable bonds is 5. The van der Waals surface area contributed by atoms with Gasteiger partial charge in [0.1, 0.15) is 0 Å². The highest BCUT2D eigenvalue weighted by atomic mass is 19.1. The van der Waals surface area contributed by atoms with Crippen LogP contribution in [-0.4, -0.2) is 29.4 Å². The molecule has 0 amide bonds. The number of aliphatic hydroxyl groups excluding tert-OH is 1. The molecule has 1 aromatic carbocycles. The molecular weight excluding hydrogens is 215 g/mol. The predicted molar refractivity (Wildman–Crippen MR) is 56.1 cm³/mol. The summed E-state index contributed by atoms with van der Waals surface area (Å²) in [6.45, 7) is 0.222. The Balaban J connectivity index is 2.75. The van der Waals surface area contributed by atoms with Crippen LogP contribution in [0.1, 0.15) is 12.0 Å². The number of ether oxygens (including phenoxy) is 1. The van der Waals surface area contributed by atoms with Crippen molar-refractivity contribution in [1.82, 2.24) is 0 Å². The molecule has 0 saturated heterocycles. The number of benzene rings is 1. The van der Waals surface area contributed by atoms with E-state index in [0.717, 1.165) is 6.07 Å². The highest BCUT2D eigenvalue weighted by Crippen LogP contribution is 2.18. The lowest BCUT2D eigenvalue weighted by Gasteiger charge is -2.07. The fraction of sp³-hybridized carbons (Fsp3) is 0.300. The van der Waals surface area contributed by atoms with Crippen LogP contribution in [0.15, 0.2) is 23.4 Å². The molecule has 0 radical (unpaired) electrons. The average Bonchev–Trinajstić information content (AvgIpc) is 2.30. The number of hydrogen-bond acceptors (Lipinski definition) is 4. The Bertz CT molecular complexity index is 382. The number of hydrogen-bond donors (Lipinski definition) is 3. The first kappa shape index (κ1) is 12.3. The highest BCUT2D eigenvalue weighted by Gasteiger charge is 2.07. The minimum absolute atomic E-state index is 0.0101. The van der Waals surface area contributed by atoms with E-state index < -0.39 is 5.82 Å². The van der Waals surface area contributed by atoms with E-state index in [1.165, 1.54) is 12.1 Å². The van der Waals surface area contributed by atoms with Gasteiger partial charge in [-0.15, -0.1) is 0 Å². The Kier molecular flexibility index (Phi) is 4.53. The van der Waals surface area contributed by atoms with Gasteiger partial charge in [0.05, 0.1) is 6.61 Å². The molecule has 0 aromatic heterocycles. The molecule has 1 aromatic rings. The second kappa shape index (κ2) is 5.92. The van der Waals surface area contributed by atoms with Crippen LogP contribution < -0.4 is 10.5 Å². The molecule has 0 spiro atoms. The highest BCUT2D eigenvalue weighted by molar-refractivity contribution is 5.97. The lowest BCUT2D eigenvalue weighted by Crippen LogP contribution is -2.13. The molecule has 4 N–H and O–H groups in total. The smallest absolute Gasteiger partial charge is 0.170 e. The van der Waals surface area contributed by atoms with Gasteiger partial charge in [-0.1, -0.05) is 5.16 Å². The molecular formula is C10H13FN2O3. The summed E-state index contributed by atoms with van der Waals surface area (Å²) >= 11 is 0. The van der Waals surface area contributed by atoms with E-state index >= 15 is 0 Å². The number of nitrogens with zero attached hydrogens (tertiary/aromatic N) is 1. The van der Waals surface area contributed by atoms with Crippen molar-refractivity contribution in [1.29, 1.82) is 0 Å². The molecule has 0 unspecified atom stereocenters. The molecule has 16 heavy (non-hydrogen) atoms. The van der Waals surface area contributed by atoms with E-state index in [-0.39, 0.29) is 30.4 Å². The summed E-state index contributed by atoms with van der Waals surface area (Å²) in [5.74, 6) is -0.689. The van der Waals surface area contributed by atoms with Crippen LogP contribution in [0, 0.1) is 5.82 Å². The first-order valence-electron chi connectivity index (χ1n) is 4.70. The van der Waals surface area contributed by atoms with E-state index in [1.807, 2.05) is 0 Å². The normalized spacial score (nSPS) is 11.5. The van der Waals surface area contributed by atoms with Gasteiger partial charge in [-0.05, 0) is 18.2 Å². The summed E-state index contributed by atoms with van der Waals surface area (Å²) in [7, 11) is 0. The second-order valence-electron chi connectivity index (χ2n) is 3.06. The van der Waals surface area contributed by atoms with Crippen molar-refractivity contribution in [3.05, 3.63) is 29.6 Å². The minimum atomic E-state index is -0.595. The lowest BCUT2D eigenvalue weighted by atomic mass is 10.2. The van der Waals surface area contributed by atoms with E-state index in [4.69, 9.17) is 20.8 Å². The van der Waals surface area contributed by atoms with Crippen LogP contribution in [0.4, 0.5) is 4.39 Å². The van der Waals surface area contributed by atoms with Crippen LogP contribution in [0.5, 0.6) is 5.75 Å². The molecule has 0 aliphatic rings. The Hall–Kier alpha value is -1.82. The second-order valence-corrected chi connectivity index (χ2v) is 3.06. The van der Waals surface area contributed by atoms with Gasteiger partial charge in [-0.25, -0.2) is 4.39 Å². The maximum atomic E-state index is 13.4. The van der Waals surface area contributed by atoms with Gasteiger partial charge < -0.3 is 20.8 Å². The van der Waals surface area contributed by atoms with Crippen LogP contribution in [0.2, 0.25) is 0 Å². The van der Waals surface area contributed by atoms with Gasteiger partial charge in [0.15, 0.2) is 17.4 Å². The summed E-state index contributed by atoms with van der Waals surface area (Å²) in [6, 6.07) is 3.98. The molecule has 0 bridgehead atoms. The molecule has 0 fully saturated rings. The quantitative estimate of drug-likeness (QED) is 0.227. The Morgan fingerprint density at radius 1 is 1.50 bits per heavy atom. The third-order valence-electron chi connectivity index (χ3n) is 1.90. The van der Waals surface area contributed by atoms with Gasteiger partial charge in [0.25, 0.3) is 0 Å². The van der Waals surface area contributed by atoms with Gasteiger partial charge in [-0.3, -0.25) is 0 Å². The van der Waals surface area contributed by atoms with E-state index in [9.17, 15) is 4.39 Å². The van der Waals surface area contributed by atoms with Crippen LogP contribution in [0.25, 0.3) is 0 Å². The monoisotopic (exact) mass is 228 g/mol. The zero-order chi connectivity index (χ0) is 12.0. The van der Waals surface area contributed by atoms with Crippen molar-refractivity contribution in [3.8, 4) is 5.75 Å². The average molecular weight is 228 g/mol. The van der Waals surface area contributed by atoms with E-state index in [1.54, 1.807) is 0 Å².